The summed E-state index contributed by atoms with van der Waals surface area (Å²) in [6, 6.07) is 5.45. The number of hydrogen-bond donors (Lipinski definition) is 0. The average molecular weight is 358 g/mol. The Hall–Kier alpha value is -1.79. The van der Waals surface area contributed by atoms with Gasteiger partial charge in [-0.1, -0.05) is 12.1 Å². The summed E-state index contributed by atoms with van der Waals surface area (Å²) >= 11 is 0. The van der Waals surface area contributed by atoms with Crippen LogP contribution >= 0.6 is 0 Å². The van der Waals surface area contributed by atoms with E-state index in [2.05, 4.69) is 0 Å². The highest BCUT2D eigenvalue weighted by molar-refractivity contribution is 5.58. The molecule has 0 N–H and O–H groups in total. The third kappa shape index (κ3) is 2.87. The third-order valence-electron chi connectivity index (χ3n) is 5.39. The van der Waals surface area contributed by atoms with Crippen LogP contribution in [0.4, 0.5) is 27.6 Å². The number of halogens is 5. The molecule has 2 saturated carbocycles. The van der Waals surface area contributed by atoms with Crippen molar-refractivity contribution in [3.8, 4) is 0 Å². The molecule has 0 aromatic heterocycles. The van der Waals surface area contributed by atoms with Crippen molar-refractivity contribution in [2.24, 2.45) is 11.8 Å². The van der Waals surface area contributed by atoms with Gasteiger partial charge >= 0.3 is 6.18 Å². The maximum Gasteiger partial charge on any atom is 0.418 e. The lowest BCUT2D eigenvalue weighted by molar-refractivity contribution is -0.137. The van der Waals surface area contributed by atoms with Gasteiger partial charge in [-0.05, 0) is 36.5 Å². The fourth-order valence-electron chi connectivity index (χ4n) is 4.02. The number of rotatable bonds is 3. The van der Waals surface area contributed by atoms with E-state index in [-0.39, 0.29) is 24.4 Å². The zero-order valence-corrected chi connectivity index (χ0v) is 13.8. The van der Waals surface area contributed by atoms with Crippen LogP contribution in [0.25, 0.3) is 0 Å². The Morgan fingerprint density at radius 3 is 2.24 bits per heavy atom. The number of benzene rings is 1. The molecule has 25 heavy (non-hydrogen) atoms. The third-order valence-corrected chi connectivity index (χ3v) is 5.39. The lowest BCUT2D eigenvalue weighted by atomic mass is 9.77. The minimum atomic E-state index is -4.45. The van der Waals surface area contributed by atoms with Gasteiger partial charge in [0.15, 0.2) is 0 Å². The first kappa shape index (κ1) is 16.7. The molecule has 136 valence electrons. The van der Waals surface area contributed by atoms with Crippen LogP contribution in [-0.2, 0) is 6.18 Å². The van der Waals surface area contributed by atoms with E-state index >= 15 is 0 Å². The van der Waals surface area contributed by atoms with E-state index in [4.69, 9.17) is 0 Å². The molecule has 2 nitrogen and oxygen atoms in total. The molecular weight excluding hydrogens is 339 g/mol. The lowest BCUT2D eigenvalue weighted by Crippen LogP contribution is -2.43. The van der Waals surface area contributed by atoms with Crippen LogP contribution in [0.15, 0.2) is 35.5 Å². The summed E-state index contributed by atoms with van der Waals surface area (Å²) in [5.41, 5.74) is 1.24. The molecule has 2 aliphatic carbocycles. The fraction of sp³-hybridized carbons (Fsp3) is 0.556. The van der Waals surface area contributed by atoms with Crippen molar-refractivity contribution in [3.05, 3.63) is 41.1 Å². The zero-order chi connectivity index (χ0) is 18.0. The summed E-state index contributed by atoms with van der Waals surface area (Å²) in [6.45, 7) is 0.353. The minimum Gasteiger partial charge on any atom is -0.292 e. The highest BCUT2D eigenvalue weighted by Crippen LogP contribution is 2.53. The van der Waals surface area contributed by atoms with Gasteiger partial charge in [-0.2, -0.15) is 13.2 Å². The van der Waals surface area contributed by atoms with Gasteiger partial charge < -0.3 is 0 Å². The standard InChI is InChI=1S/C18H19F5N2/c1-24-16(12-8-17(19,20)9-12)13(11-6-7-11)10-25(24)15-5-3-2-4-14(15)18(21,22)23/h2-5,11-12H,6-10H2,1H3. The van der Waals surface area contributed by atoms with Crippen molar-refractivity contribution < 1.29 is 22.0 Å². The number of alkyl halides is 5. The van der Waals surface area contributed by atoms with E-state index in [1.807, 2.05) is 0 Å². The van der Waals surface area contributed by atoms with Crippen molar-refractivity contribution in [2.75, 3.05) is 18.6 Å². The second-order valence-corrected chi connectivity index (χ2v) is 7.24. The number of hydrogen-bond acceptors (Lipinski definition) is 2. The fourth-order valence-corrected chi connectivity index (χ4v) is 4.02. The molecule has 1 heterocycles. The summed E-state index contributed by atoms with van der Waals surface area (Å²) in [5, 5.41) is 3.26. The lowest BCUT2D eigenvalue weighted by Gasteiger charge is -2.41. The largest absolute Gasteiger partial charge is 0.418 e. The Kier molecular flexibility index (Phi) is 3.57. The molecule has 2 fully saturated rings. The zero-order valence-electron chi connectivity index (χ0n) is 13.8. The van der Waals surface area contributed by atoms with E-state index < -0.39 is 17.7 Å². The second-order valence-electron chi connectivity index (χ2n) is 7.24. The summed E-state index contributed by atoms with van der Waals surface area (Å²) in [6.07, 6.45) is -2.90. The highest BCUT2D eigenvalue weighted by atomic mass is 19.4. The normalized spacial score (nSPS) is 24.1. The van der Waals surface area contributed by atoms with Gasteiger partial charge in [0.1, 0.15) is 0 Å². The predicted molar refractivity (Wildman–Crippen MR) is 84.0 cm³/mol. The van der Waals surface area contributed by atoms with Gasteiger partial charge in [-0.3, -0.25) is 10.0 Å². The molecule has 0 radical (unpaired) electrons. The van der Waals surface area contributed by atoms with Gasteiger partial charge in [-0.25, -0.2) is 8.78 Å². The van der Waals surface area contributed by atoms with Crippen LogP contribution in [0.1, 0.15) is 31.2 Å². The molecule has 0 saturated heterocycles. The molecule has 1 aliphatic heterocycles. The topological polar surface area (TPSA) is 6.48 Å². The summed E-state index contributed by atoms with van der Waals surface area (Å²) in [5.74, 6) is -2.59. The van der Waals surface area contributed by atoms with Crippen LogP contribution in [0, 0.1) is 11.8 Å². The van der Waals surface area contributed by atoms with Gasteiger partial charge in [0.2, 0.25) is 5.92 Å². The SMILES string of the molecule is CN1C(C2CC(F)(F)C2)=C(C2CC2)CN1c1ccccc1C(F)(F)F. The molecule has 0 atom stereocenters. The van der Waals surface area contributed by atoms with Crippen LogP contribution in [-0.4, -0.2) is 24.5 Å². The number of nitrogens with zero attached hydrogens (tertiary/aromatic N) is 2. The van der Waals surface area contributed by atoms with Crippen LogP contribution < -0.4 is 5.01 Å². The Balaban J connectivity index is 1.67. The number of para-hydroxylation sites is 1. The highest BCUT2D eigenvalue weighted by Gasteiger charge is 2.51. The maximum absolute atomic E-state index is 13.4. The molecule has 0 amide bonds. The van der Waals surface area contributed by atoms with Gasteiger partial charge in [0.05, 0.1) is 17.8 Å². The first-order valence-corrected chi connectivity index (χ1v) is 8.45. The van der Waals surface area contributed by atoms with Crippen molar-refractivity contribution in [1.82, 2.24) is 5.01 Å². The number of anilines is 1. The molecule has 4 rings (SSSR count). The van der Waals surface area contributed by atoms with Crippen molar-refractivity contribution >= 4 is 5.69 Å². The second kappa shape index (κ2) is 5.35. The van der Waals surface area contributed by atoms with E-state index in [0.717, 1.165) is 30.2 Å². The molecule has 0 bridgehead atoms. The first-order valence-electron chi connectivity index (χ1n) is 8.45. The van der Waals surface area contributed by atoms with E-state index in [9.17, 15) is 22.0 Å². The first-order chi connectivity index (χ1) is 11.7. The number of allylic oxidation sites excluding steroid dienone is 1. The van der Waals surface area contributed by atoms with E-state index in [1.54, 1.807) is 23.1 Å². The Bertz CT molecular complexity index is 712. The van der Waals surface area contributed by atoms with Gasteiger partial charge in [0.25, 0.3) is 0 Å². The average Bonchev–Trinajstić information content (AvgIpc) is 3.28. The summed E-state index contributed by atoms with van der Waals surface area (Å²) < 4.78 is 66.8. The van der Waals surface area contributed by atoms with Crippen LogP contribution in [0.5, 0.6) is 0 Å². The van der Waals surface area contributed by atoms with Crippen LogP contribution in [0.3, 0.4) is 0 Å². The Morgan fingerprint density at radius 1 is 1.04 bits per heavy atom. The smallest absolute Gasteiger partial charge is 0.292 e. The summed E-state index contributed by atoms with van der Waals surface area (Å²) in [4.78, 5) is 0. The molecule has 1 aromatic carbocycles. The van der Waals surface area contributed by atoms with E-state index in [0.29, 0.717) is 12.5 Å². The van der Waals surface area contributed by atoms with Crippen molar-refractivity contribution in [1.29, 1.82) is 0 Å². The molecule has 0 unspecified atom stereocenters. The van der Waals surface area contributed by atoms with Crippen LogP contribution in [0.2, 0.25) is 0 Å². The monoisotopic (exact) mass is 358 g/mol. The maximum atomic E-state index is 13.4. The summed E-state index contributed by atoms with van der Waals surface area (Å²) in [7, 11) is 1.69. The minimum absolute atomic E-state index is 0.0803. The van der Waals surface area contributed by atoms with E-state index in [1.165, 1.54) is 12.1 Å². The van der Waals surface area contributed by atoms with Gasteiger partial charge in [0, 0.05) is 31.5 Å². The molecule has 0 spiro atoms. The molecule has 7 heteroatoms. The Labute approximate surface area is 142 Å². The number of hydrazine groups is 1. The van der Waals surface area contributed by atoms with Gasteiger partial charge in [-0.15, -0.1) is 0 Å². The van der Waals surface area contributed by atoms with Crippen molar-refractivity contribution in [3.63, 3.8) is 0 Å². The Morgan fingerprint density at radius 2 is 1.68 bits per heavy atom. The predicted octanol–water partition coefficient (Wildman–Crippen LogP) is 5.08. The molecule has 1 aromatic rings. The molecule has 3 aliphatic rings. The quantitative estimate of drug-likeness (QED) is 0.695. The molecular formula is C18H19F5N2. The van der Waals surface area contributed by atoms with Crippen molar-refractivity contribution in [2.45, 2.75) is 37.8 Å².